The molecule has 2 N–H and O–H groups in total. The number of hydrogen-bond donors (Lipinski definition) is 2. The molecule has 3 heterocycles. The first kappa shape index (κ1) is 29.5. The van der Waals surface area contributed by atoms with Gasteiger partial charge in [-0.1, -0.05) is 35.3 Å². The van der Waals surface area contributed by atoms with E-state index in [1.54, 1.807) is 31.2 Å². The second-order valence-corrected chi connectivity index (χ2v) is 12.9. The average Bonchev–Trinajstić information content (AvgIpc) is 3.65. The summed E-state index contributed by atoms with van der Waals surface area (Å²) in [6.07, 6.45) is 1.74. The van der Waals surface area contributed by atoms with Crippen LogP contribution in [-0.2, 0) is 36.4 Å². The Morgan fingerprint density at radius 3 is 2.48 bits per heavy atom. The minimum absolute atomic E-state index is 0.0131. The standard InChI is InChI=1S/C27H24Cl2N6O6S/c1-27(12-16-4-6-17(13-30)7-5-16)25(39)34(20-10-18(28)9-19(29)11-20)26-32-14-22(35(26)27)42(40,41)33-8-2-3-21(33)24(38)31-15-23(36)37/h4-7,9-11,14,21H,2-3,8,12,15H2,1H3,(H,31,38)(H,36,37). The second-order valence-electron chi connectivity index (χ2n) is 10.1. The van der Waals surface area contributed by atoms with Crippen LogP contribution in [0.1, 0.15) is 30.9 Å². The number of benzene rings is 2. The highest BCUT2D eigenvalue weighted by atomic mass is 35.5. The van der Waals surface area contributed by atoms with Crippen molar-refractivity contribution >= 4 is 62.6 Å². The van der Waals surface area contributed by atoms with E-state index in [0.29, 0.717) is 17.5 Å². The first-order valence-electron chi connectivity index (χ1n) is 12.8. The van der Waals surface area contributed by atoms with E-state index in [2.05, 4.69) is 10.3 Å². The maximum absolute atomic E-state index is 14.2. The van der Waals surface area contributed by atoms with Gasteiger partial charge in [-0.15, -0.1) is 0 Å². The number of carbonyl (C=O) groups excluding carboxylic acids is 2. The first-order valence-corrected chi connectivity index (χ1v) is 15.0. The number of nitrogens with zero attached hydrogens (tertiary/aromatic N) is 5. The van der Waals surface area contributed by atoms with Gasteiger partial charge in [-0.3, -0.25) is 19.0 Å². The Morgan fingerprint density at radius 2 is 1.86 bits per heavy atom. The van der Waals surface area contributed by atoms with Crippen molar-refractivity contribution in [1.82, 2.24) is 19.2 Å². The maximum Gasteiger partial charge on any atom is 0.322 e. The fourth-order valence-electron chi connectivity index (χ4n) is 5.40. The number of carboxylic acids is 1. The summed E-state index contributed by atoms with van der Waals surface area (Å²) in [5.74, 6) is -2.48. The number of sulfonamides is 1. The summed E-state index contributed by atoms with van der Waals surface area (Å²) >= 11 is 12.5. The molecule has 15 heteroatoms. The molecule has 1 aromatic heterocycles. The molecule has 0 spiro atoms. The average molecular weight is 631 g/mol. The number of fused-ring (bicyclic) bond motifs is 1. The number of rotatable bonds is 8. The lowest BCUT2D eigenvalue weighted by Crippen LogP contribution is -2.48. The third-order valence-electron chi connectivity index (χ3n) is 7.30. The zero-order valence-corrected chi connectivity index (χ0v) is 24.4. The van der Waals surface area contributed by atoms with Crippen molar-refractivity contribution in [3.05, 3.63) is 69.8 Å². The lowest BCUT2D eigenvalue weighted by Gasteiger charge is -2.29. The van der Waals surface area contributed by atoms with Crippen LogP contribution in [0.2, 0.25) is 10.0 Å². The number of carboxylic acid groups (broad SMARTS) is 1. The summed E-state index contributed by atoms with van der Waals surface area (Å²) in [6.45, 7) is 0.951. The topological polar surface area (TPSA) is 166 Å². The molecular weight excluding hydrogens is 607 g/mol. The summed E-state index contributed by atoms with van der Waals surface area (Å²) in [4.78, 5) is 43.6. The predicted octanol–water partition coefficient (Wildman–Crippen LogP) is 3.05. The summed E-state index contributed by atoms with van der Waals surface area (Å²) in [5.41, 5.74) is -0.155. The fraction of sp³-hybridized carbons (Fsp3) is 0.296. The largest absolute Gasteiger partial charge is 0.480 e. The minimum Gasteiger partial charge on any atom is -0.480 e. The Labute approximate surface area is 251 Å². The number of halogens is 2. The van der Waals surface area contributed by atoms with Crippen molar-refractivity contribution in [1.29, 1.82) is 5.26 Å². The quantitative estimate of drug-likeness (QED) is 0.383. The van der Waals surface area contributed by atoms with E-state index < -0.39 is 45.9 Å². The molecule has 0 bridgehead atoms. The van der Waals surface area contributed by atoms with Gasteiger partial charge < -0.3 is 10.4 Å². The van der Waals surface area contributed by atoms with Gasteiger partial charge in [0.2, 0.25) is 11.9 Å². The van der Waals surface area contributed by atoms with Crippen molar-refractivity contribution in [3.8, 4) is 6.07 Å². The summed E-state index contributed by atoms with van der Waals surface area (Å²) < 4.78 is 30.7. The third-order valence-corrected chi connectivity index (χ3v) is 9.61. The number of amides is 2. The molecule has 2 aliphatic heterocycles. The summed E-state index contributed by atoms with van der Waals surface area (Å²) in [6, 6.07) is 12.0. The molecule has 3 aromatic rings. The van der Waals surface area contributed by atoms with Crippen LogP contribution in [0.25, 0.3) is 0 Å². The number of imidazole rings is 1. The molecule has 42 heavy (non-hydrogen) atoms. The van der Waals surface area contributed by atoms with E-state index in [-0.39, 0.29) is 46.1 Å². The van der Waals surface area contributed by atoms with E-state index in [0.717, 1.165) is 10.5 Å². The Morgan fingerprint density at radius 1 is 1.19 bits per heavy atom. The highest BCUT2D eigenvalue weighted by Crippen LogP contribution is 2.45. The van der Waals surface area contributed by atoms with Crippen molar-refractivity contribution in [2.75, 3.05) is 18.0 Å². The predicted molar refractivity (Wildman–Crippen MR) is 152 cm³/mol. The zero-order chi connectivity index (χ0) is 30.4. The van der Waals surface area contributed by atoms with Crippen LogP contribution in [-0.4, -0.2) is 64.3 Å². The van der Waals surface area contributed by atoms with Gasteiger partial charge in [0.1, 0.15) is 18.1 Å². The molecule has 2 atom stereocenters. The lowest BCUT2D eigenvalue weighted by molar-refractivity contribution is -0.138. The van der Waals surface area contributed by atoms with Gasteiger partial charge in [-0.2, -0.15) is 9.57 Å². The summed E-state index contributed by atoms with van der Waals surface area (Å²) in [7, 11) is -4.42. The van der Waals surface area contributed by atoms with E-state index in [9.17, 15) is 28.1 Å². The molecule has 2 aromatic carbocycles. The molecular formula is C27H24Cl2N6O6S. The number of aliphatic carboxylic acids is 1. The molecule has 0 saturated carbocycles. The van der Waals surface area contributed by atoms with E-state index in [4.69, 9.17) is 28.3 Å². The number of carbonyl (C=O) groups is 3. The van der Waals surface area contributed by atoms with E-state index in [1.165, 1.54) is 27.7 Å². The van der Waals surface area contributed by atoms with E-state index in [1.807, 2.05) is 6.07 Å². The SMILES string of the molecule is CC1(Cc2ccc(C#N)cc2)C(=O)N(c2cc(Cl)cc(Cl)c2)c2ncc(S(=O)(=O)N3CCCC3C(=O)NCC(=O)O)n21. The van der Waals surface area contributed by atoms with Gasteiger partial charge >= 0.3 is 5.97 Å². The first-order chi connectivity index (χ1) is 19.9. The Balaban J connectivity index is 1.63. The number of nitrogens with one attached hydrogen (secondary N) is 1. The molecule has 0 aliphatic carbocycles. The Kier molecular flexibility index (Phi) is 7.76. The Bertz CT molecular complexity index is 1730. The minimum atomic E-state index is -4.42. The maximum atomic E-state index is 14.2. The molecule has 12 nitrogen and oxygen atoms in total. The van der Waals surface area contributed by atoms with Crippen molar-refractivity contribution in [3.63, 3.8) is 0 Å². The molecule has 5 rings (SSSR count). The molecule has 2 unspecified atom stereocenters. The smallest absolute Gasteiger partial charge is 0.322 e. The van der Waals surface area contributed by atoms with Crippen LogP contribution >= 0.6 is 23.2 Å². The van der Waals surface area contributed by atoms with Crippen LogP contribution in [0.4, 0.5) is 11.6 Å². The van der Waals surface area contributed by atoms with Crippen LogP contribution in [0.15, 0.2) is 53.7 Å². The van der Waals surface area contributed by atoms with Gasteiger partial charge in [-0.05, 0) is 55.7 Å². The van der Waals surface area contributed by atoms with Crippen molar-refractivity contribution < 1.29 is 27.9 Å². The number of anilines is 2. The number of aromatic nitrogens is 2. The molecule has 218 valence electrons. The van der Waals surface area contributed by atoms with E-state index >= 15 is 0 Å². The molecule has 2 aliphatic rings. The molecule has 2 amide bonds. The molecule has 0 radical (unpaired) electrons. The Hall–Kier alpha value is -3.96. The zero-order valence-electron chi connectivity index (χ0n) is 22.1. The number of hydrogen-bond acceptors (Lipinski definition) is 7. The second kappa shape index (κ2) is 11.0. The lowest BCUT2D eigenvalue weighted by atomic mass is 9.91. The van der Waals surface area contributed by atoms with Crippen molar-refractivity contribution in [2.24, 2.45) is 0 Å². The van der Waals surface area contributed by atoms with Gasteiger partial charge in [-0.25, -0.2) is 18.3 Å². The monoisotopic (exact) mass is 630 g/mol. The van der Waals surface area contributed by atoms with Gasteiger partial charge in [0.15, 0.2) is 5.03 Å². The molecule has 1 saturated heterocycles. The van der Waals surface area contributed by atoms with Gasteiger partial charge in [0, 0.05) is 23.0 Å². The fourth-order valence-corrected chi connectivity index (χ4v) is 7.76. The highest BCUT2D eigenvalue weighted by molar-refractivity contribution is 7.89. The number of nitriles is 1. The summed E-state index contributed by atoms with van der Waals surface area (Å²) in [5, 5.41) is 20.6. The molecule has 1 fully saturated rings. The normalized spacial score (nSPS) is 20.4. The van der Waals surface area contributed by atoms with Gasteiger partial charge in [0.25, 0.3) is 15.9 Å². The third kappa shape index (κ3) is 5.11. The van der Waals surface area contributed by atoms with Crippen molar-refractivity contribution in [2.45, 2.75) is 42.8 Å². The van der Waals surface area contributed by atoms with Gasteiger partial charge in [0.05, 0.1) is 23.5 Å². The van der Waals surface area contributed by atoms with Crippen LogP contribution in [0.5, 0.6) is 0 Å². The van der Waals surface area contributed by atoms with Crippen LogP contribution in [0.3, 0.4) is 0 Å². The van der Waals surface area contributed by atoms with Crippen LogP contribution < -0.4 is 10.2 Å². The highest BCUT2D eigenvalue weighted by Gasteiger charge is 2.53. The van der Waals surface area contributed by atoms with Crippen LogP contribution in [0, 0.1) is 11.3 Å².